The second-order valence-electron chi connectivity index (χ2n) is 10.8. The molecule has 2 heterocycles. The lowest BCUT2D eigenvalue weighted by molar-refractivity contribution is -0.176. The maximum atomic E-state index is 13.7. The highest BCUT2D eigenvalue weighted by Crippen LogP contribution is 2.38. The minimum absolute atomic E-state index is 0.0287. The van der Waals surface area contributed by atoms with Gasteiger partial charge in [0.15, 0.2) is 0 Å². The summed E-state index contributed by atoms with van der Waals surface area (Å²) in [6, 6.07) is 0.0131. The number of alkyl halides is 3. The zero-order valence-corrected chi connectivity index (χ0v) is 21.9. The van der Waals surface area contributed by atoms with E-state index in [2.05, 4.69) is 16.9 Å². The molecule has 0 spiro atoms. The van der Waals surface area contributed by atoms with E-state index in [1.165, 1.54) is 31.9 Å². The molecule has 2 rings (SSSR count). The second kappa shape index (κ2) is 11.3. The number of likely N-dealkylation sites (tertiary alicyclic amines) is 1. The molecule has 202 valence electrons. The van der Waals surface area contributed by atoms with Crippen LogP contribution in [-0.4, -0.2) is 52.4 Å². The lowest BCUT2D eigenvalue weighted by Gasteiger charge is -2.37. The van der Waals surface area contributed by atoms with Crippen LogP contribution in [0.2, 0.25) is 0 Å². The number of rotatable bonds is 7. The van der Waals surface area contributed by atoms with Gasteiger partial charge in [0.1, 0.15) is 18.1 Å². The van der Waals surface area contributed by atoms with E-state index in [0.29, 0.717) is 5.56 Å². The van der Waals surface area contributed by atoms with Crippen LogP contribution in [0.25, 0.3) is 0 Å². The largest absolute Gasteiger partial charge is 0.471 e. The van der Waals surface area contributed by atoms with Gasteiger partial charge in [-0.1, -0.05) is 40.7 Å². The van der Waals surface area contributed by atoms with E-state index in [4.69, 9.17) is 0 Å². The molecular formula is C26H34F3N5O3. The van der Waals surface area contributed by atoms with Crippen LogP contribution in [0.4, 0.5) is 13.2 Å². The molecule has 0 bridgehead atoms. The molecule has 1 aromatic heterocycles. The predicted octanol–water partition coefficient (Wildman–Crippen LogP) is 3.45. The number of hydrogen-bond acceptors (Lipinski definition) is 5. The standard InChI is InChI=1S/C26H34F3N5O3/c1-8-16-13-34(23(36)21(25(5,6)7)33-24(37)26(27,28)29)20(19(16)14(2)3)22(35)32-18(10-30)17-9-15(4)11-31-12-17/h8-9,11-12,14,16,18-21H,1,13H2,2-7H3,(H,32,35)(H,33,37)/t16?,18-,19-,20-,21+/m0/s1. The Kier molecular flexibility index (Phi) is 9.12. The van der Waals surface area contributed by atoms with Crippen LogP contribution in [0.15, 0.2) is 31.1 Å². The second-order valence-corrected chi connectivity index (χ2v) is 10.8. The number of carbonyl (C=O) groups excluding carboxylic acids is 3. The highest BCUT2D eigenvalue weighted by molar-refractivity contribution is 5.94. The molecule has 1 saturated heterocycles. The molecule has 8 nitrogen and oxygen atoms in total. The molecule has 11 heteroatoms. The van der Waals surface area contributed by atoms with Crippen molar-refractivity contribution in [3.8, 4) is 6.07 Å². The van der Waals surface area contributed by atoms with Gasteiger partial charge in [-0.15, -0.1) is 6.58 Å². The Morgan fingerprint density at radius 1 is 1.22 bits per heavy atom. The van der Waals surface area contributed by atoms with Crippen molar-refractivity contribution in [2.75, 3.05) is 6.54 Å². The van der Waals surface area contributed by atoms with Crippen molar-refractivity contribution in [2.24, 2.45) is 23.2 Å². The van der Waals surface area contributed by atoms with E-state index in [1.807, 2.05) is 25.2 Å². The van der Waals surface area contributed by atoms with Crippen LogP contribution >= 0.6 is 0 Å². The third kappa shape index (κ3) is 6.87. The summed E-state index contributed by atoms with van der Waals surface area (Å²) in [6.07, 6.45) is -0.515. The Labute approximate surface area is 215 Å². The number of aromatic nitrogens is 1. The molecule has 1 unspecified atom stereocenters. The van der Waals surface area contributed by atoms with Gasteiger partial charge in [0.2, 0.25) is 11.8 Å². The van der Waals surface area contributed by atoms with Gasteiger partial charge in [0.05, 0.1) is 6.07 Å². The van der Waals surface area contributed by atoms with Gasteiger partial charge < -0.3 is 15.5 Å². The van der Waals surface area contributed by atoms with Crippen molar-refractivity contribution in [3.05, 3.63) is 42.2 Å². The number of halogens is 3. The van der Waals surface area contributed by atoms with Crippen molar-refractivity contribution in [1.82, 2.24) is 20.5 Å². The van der Waals surface area contributed by atoms with Gasteiger partial charge in [-0.3, -0.25) is 19.4 Å². The molecule has 1 aliphatic heterocycles. The number of hydrogen-bond donors (Lipinski definition) is 2. The van der Waals surface area contributed by atoms with E-state index in [-0.39, 0.29) is 18.4 Å². The molecule has 37 heavy (non-hydrogen) atoms. The average Bonchev–Trinajstić information content (AvgIpc) is 3.19. The summed E-state index contributed by atoms with van der Waals surface area (Å²) in [6.45, 7) is 14.0. The molecular weight excluding hydrogens is 487 g/mol. The zero-order chi connectivity index (χ0) is 28.3. The molecule has 2 N–H and O–H groups in total. The summed E-state index contributed by atoms with van der Waals surface area (Å²) in [7, 11) is 0. The SMILES string of the molecule is C=CC1CN(C(=O)[C@@H](NC(=O)C(F)(F)F)C(C)(C)C)[C@H](C(=O)N[C@@H](C#N)c2cncc(C)c2)[C@H]1C(C)C. The molecule has 0 aromatic carbocycles. The van der Waals surface area contributed by atoms with E-state index >= 15 is 0 Å². The number of aryl methyl sites for hydroxylation is 1. The fourth-order valence-corrected chi connectivity index (χ4v) is 4.72. The molecule has 3 amide bonds. The number of amides is 3. The van der Waals surface area contributed by atoms with Crippen molar-refractivity contribution in [2.45, 2.75) is 65.8 Å². The first-order valence-electron chi connectivity index (χ1n) is 11.9. The maximum absolute atomic E-state index is 13.7. The molecule has 5 atom stereocenters. The molecule has 1 fully saturated rings. The number of pyridine rings is 1. The Bertz CT molecular complexity index is 1070. The Balaban J connectivity index is 2.49. The van der Waals surface area contributed by atoms with Gasteiger partial charge in [-0.25, -0.2) is 0 Å². The summed E-state index contributed by atoms with van der Waals surface area (Å²) < 4.78 is 39.1. The predicted molar refractivity (Wildman–Crippen MR) is 130 cm³/mol. The number of nitrogens with one attached hydrogen (secondary N) is 2. The highest BCUT2D eigenvalue weighted by Gasteiger charge is 2.52. The summed E-state index contributed by atoms with van der Waals surface area (Å²) in [5.41, 5.74) is 0.143. The minimum Gasteiger partial charge on any atom is -0.336 e. The lowest BCUT2D eigenvalue weighted by atomic mass is 9.81. The Hall–Kier alpha value is -3.42. The van der Waals surface area contributed by atoms with Crippen molar-refractivity contribution in [1.29, 1.82) is 5.26 Å². The van der Waals surface area contributed by atoms with Crippen molar-refractivity contribution < 1.29 is 27.6 Å². The fourth-order valence-electron chi connectivity index (χ4n) is 4.72. The van der Waals surface area contributed by atoms with Crippen molar-refractivity contribution >= 4 is 17.7 Å². The van der Waals surface area contributed by atoms with E-state index in [9.17, 15) is 32.8 Å². The maximum Gasteiger partial charge on any atom is 0.471 e. The monoisotopic (exact) mass is 521 g/mol. The number of nitrogens with zero attached hydrogens (tertiary/aromatic N) is 3. The topological polar surface area (TPSA) is 115 Å². The summed E-state index contributed by atoms with van der Waals surface area (Å²) in [4.78, 5) is 44.4. The van der Waals surface area contributed by atoms with Crippen LogP contribution in [0, 0.1) is 41.4 Å². The molecule has 0 saturated carbocycles. The van der Waals surface area contributed by atoms with Crippen LogP contribution in [0.1, 0.15) is 51.8 Å². The van der Waals surface area contributed by atoms with E-state index in [0.717, 1.165) is 5.56 Å². The first-order valence-corrected chi connectivity index (χ1v) is 11.9. The molecule has 0 aliphatic carbocycles. The highest BCUT2D eigenvalue weighted by atomic mass is 19.4. The molecule has 1 aliphatic rings. The first kappa shape index (κ1) is 29.8. The van der Waals surface area contributed by atoms with Gasteiger partial charge in [0, 0.05) is 24.5 Å². The average molecular weight is 522 g/mol. The van der Waals surface area contributed by atoms with Crippen LogP contribution in [-0.2, 0) is 14.4 Å². The smallest absolute Gasteiger partial charge is 0.336 e. The third-order valence-electron chi connectivity index (χ3n) is 6.52. The zero-order valence-electron chi connectivity index (χ0n) is 21.9. The van der Waals surface area contributed by atoms with Crippen LogP contribution < -0.4 is 10.6 Å². The molecule has 0 radical (unpaired) electrons. The first-order chi connectivity index (χ1) is 17.0. The fraction of sp³-hybridized carbons (Fsp3) is 0.577. The quantitative estimate of drug-likeness (QED) is 0.534. The van der Waals surface area contributed by atoms with Crippen LogP contribution in [0.5, 0.6) is 0 Å². The van der Waals surface area contributed by atoms with Gasteiger partial charge in [0.25, 0.3) is 0 Å². The lowest BCUT2D eigenvalue weighted by Crippen LogP contribution is -2.60. The summed E-state index contributed by atoms with van der Waals surface area (Å²) >= 11 is 0. The van der Waals surface area contributed by atoms with E-state index < -0.39 is 53.4 Å². The molecule has 1 aromatic rings. The van der Waals surface area contributed by atoms with Gasteiger partial charge in [-0.05, 0) is 41.7 Å². The Morgan fingerprint density at radius 2 is 1.84 bits per heavy atom. The van der Waals surface area contributed by atoms with Crippen LogP contribution in [0.3, 0.4) is 0 Å². The van der Waals surface area contributed by atoms with Crippen molar-refractivity contribution in [3.63, 3.8) is 0 Å². The van der Waals surface area contributed by atoms with E-state index in [1.54, 1.807) is 25.3 Å². The third-order valence-corrected chi connectivity index (χ3v) is 6.52. The number of nitriles is 1. The summed E-state index contributed by atoms with van der Waals surface area (Å²) in [5.74, 6) is -4.55. The Morgan fingerprint density at radius 3 is 2.30 bits per heavy atom. The summed E-state index contributed by atoms with van der Waals surface area (Å²) in [5, 5.41) is 14.2. The number of carbonyl (C=O) groups is 3. The van der Waals surface area contributed by atoms with Gasteiger partial charge >= 0.3 is 12.1 Å². The minimum atomic E-state index is -5.18. The normalized spacial score (nSPS) is 21.6. The van der Waals surface area contributed by atoms with Gasteiger partial charge in [-0.2, -0.15) is 18.4 Å².